The Hall–Kier alpha value is -4.42. The molecule has 0 aliphatic rings. The first-order valence-corrected chi connectivity index (χ1v) is 16.7. The fourth-order valence-corrected chi connectivity index (χ4v) is 6.63. The minimum absolute atomic E-state index is 0.0243. The summed E-state index contributed by atoms with van der Waals surface area (Å²) < 4.78 is 85.5. The standard InChI is InChI=1S/C35H34ClF4N3O4S/c1-23(2)41-34(45)32(19-25-9-5-4-6-10-25)42(21-26-11-7-8-12-31(26)37)33(44)22-43(48(46,47)28-16-13-24(3)14-17-28)27-15-18-30(36)29(20-27)35(38,39)40/h4-18,20,23,32H,19,21-22H2,1-3H3,(H,41,45)/t32-/m1/s1. The van der Waals surface area contributed by atoms with Gasteiger partial charge in [-0.1, -0.05) is 77.8 Å². The summed E-state index contributed by atoms with van der Waals surface area (Å²) in [6.45, 7) is 3.69. The molecule has 0 aromatic heterocycles. The monoisotopic (exact) mass is 703 g/mol. The Bertz CT molecular complexity index is 1850. The molecule has 0 spiro atoms. The normalized spacial score (nSPS) is 12.4. The molecule has 0 heterocycles. The second kappa shape index (κ2) is 15.2. The number of benzene rings is 4. The van der Waals surface area contributed by atoms with Crippen LogP contribution < -0.4 is 9.62 Å². The zero-order valence-electron chi connectivity index (χ0n) is 26.3. The zero-order valence-corrected chi connectivity index (χ0v) is 27.9. The third-order valence-corrected chi connectivity index (χ3v) is 9.55. The van der Waals surface area contributed by atoms with Crippen LogP contribution >= 0.6 is 11.6 Å². The first-order valence-electron chi connectivity index (χ1n) is 14.9. The Kier molecular flexibility index (Phi) is 11.5. The SMILES string of the molecule is Cc1ccc(S(=O)(=O)N(CC(=O)N(Cc2ccccc2F)[C@H](Cc2ccccc2)C(=O)NC(C)C)c2ccc(Cl)c(C(F)(F)F)c2)cc1. The Balaban J connectivity index is 1.88. The number of amides is 2. The minimum atomic E-state index is -4.94. The number of carbonyl (C=O) groups excluding carboxylic acids is 2. The summed E-state index contributed by atoms with van der Waals surface area (Å²) >= 11 is 5.85. The second-order valence-corrected chi connectivity index (χ2v) is 13.7. The molecule has 4 rings (SSSR count). The van der Waals surface area contributed by atoms with E-state index in [-0.39, 0.29) is 22.9 Å². The minimum Gasteiger partial charge on any atom is -0.352 e. The van der Waals surface area contributed by atoms with E-state index < -0.39 is 69.2 Å². The highest BCUT2D eigenvalue weighted by Gasteiger charge is 2.38. The van der Waals surface area contributed by atoms with Crippen molar-refractivity contribution in [1.82, 2.24) is 10.2 Å². The molecule has 0 unspecified atom stereocenters. The van der Waals surface area contributed by atoms with Crippen molar-refractivity contribution < 1.29 is 35.6 Å². The molecular weight excluding hydrogens is 670 g/mol. The molecule has 0 bridgehead atoms. The summed E-state index contributed by atoms with van der Waals surface area (Å²) in [6.07, 6.45) is -4.97. The average molecular weight is 704 g/mol. The maximum Gasteiger partial charge on any atom is 0.417 e. The molecular formula is C35H34ClF4N3O4S. The fourth-order valence-electron chi connectivity index (χ4n) is 5.00. The van der Waals surface area contributed by atoms with Crippen LogP contribution in [0.1, 0.15) is 36.1 Å². The van der Waals surface area contributed by atoms with Gasteiger partial charge < -0.3 is 10.2 Å². The number of hydrogen-bond donors (Lipinski definition) is 1. The second-order valence-electron chi connectivity index (χ2n) is 11.5. The fraction of sp³-hybridized carbons (Fsp3) is 0.257. The van der Waals surface area contributed by atoms with Gasteiger partial charge in [0.2, 0.25) is 11.8 Å². The number of aryl methyl sites for hydroxylation is 1. The van der Waals surface area contributed by atoms with E-state index in [4.69, 9.17) is 11.6 Å². The number of anilines is 1. The molecule has 1 atom stereocenters. The van der Waals surface area contributed by atoms with Crippen LogP contribution in [0.5, 0.6) is 0 Å². The maximum atomic E-state index is 15.0. The summed E-state index contributed by atoms with van der Waals surface area (Å²) in [6, 6.07) is 20.8. The van der Waals surface area contributed by atoms with Crippen LogP contribution in [0.15, 0.2) is 102 Å². The van der Waals surface area contributed by atoms with Gasteiger partial charge in [-0.15, -0.1) is 0 Å². The van der Waals surface area contributed by atoms with Crippen molar-refractivity contribution in [2.45, 2.75) is 56.9 Å². The van der Waals surface area contributed by atoms with Gasteiger partial charge in [-0.3, -0.25) is 13.9 Å². The highest BCUT2D eigenvalue weighted by atomic mass is 35.5. The summed E-state index contributed by atoms with van der Waals surface area (Å²) in [5.41, 5.74) is -0.375. The summed E-state index contributed by atoms with van der Waals surface area (Å²) in [5, 5.41) is 2.11. The molecule has 2 amide bonds. The molecule has 7 nitrogen and oxygen atoms in total. The first kappa shape index (κ1) is 36.4. The third kappa shape index (κ3) is 8.93. The van der Waals surface area contributed by atoms with E-state index in [0.29, 0.717) is 15.9 Å². The van der Waals surface area contributed by atoms with E-state index >= 15 is 4.39 Å². The topological polar surface area (TPSA) is 86.8 Å². The van der Waals surface area contributed by atoms with Crippen molar-refractivity contribution in [1.29, 1.82) is 0 Å². The van der Waals surface area contributed by atoms with E-state index in [0.717, 1.165) is 22.6 Å². The highest BCUT2D eigenvalue weighted by molar-refractivity contribution is 7.92. The van der Waals surface area contributed by atoms with Crippen molar-refractivity contribution in [2.24, 2.45) is 0 Å². The largest absolute Gasteiger partial charge is 0.417 e. The Labute approximate surface area is 282 Å². The molecule has 0 saturated carbocycles. The van der Waals surface area contributed by atoms with Crippen LogP contribution in [0.2, 0.25) is 5.02 Å². The molecule has 4 aromatic rings. The lowest BCUT2D eigenvalue weighted by molar-refractivity contribution is -0.140. The quantitative estimate of drug-likeness (QED) is 0.159. The van der Waals surface area contributed by atoms with Gasteiger partial charge >= 0.3 is 6.18 Å². The molecule has 0 fully saturated rings. The van der Waals surface area contributed by atoms with Crippen molar-refractivity contribution in [3.05, 3.63) is 130 Å². The van der Waals surface area contributed by atoms with E-state index in [2.05, 4.69) is 5.32 Å². The number of halogens is 5. The van der Waals surface area contributed by atoms with Gasteiger partial charge in [0.05, 0.1) is 21.2 Å². The number of hydrogen-bond acceptors (Lipinski definition) is 4. The van der Waals surface area contributed by atoms with Gasteiger partial charge in [-0.05, 0) is 62.7 Å². The van der Waals surface area contributed by atoms with Crippen LogP contribution in [-0.2, 0) is 38.8 Å². The van der Waals surface area contributed by atoms with Gasteiger partial charge in [0.25, 0.3) is 10.0 Å². The van der Waals surface area contributed by atoms with Gasteiger partial charge in [0.1, 0.15) is 18.4 Å². The van der Waals surface area contributed by atoms with E-state index in [1.54, 1.807) is 57.2 Å². The predicted molar refractivity (Wildman–Crippen MR) is 176 cm³/mol. The smallest absolute Gasteiger partial charge is 0.352 e. The number of rotatable bonds is 12. The molecule has 4 aromatic carbocycles. The highest BCUT2D eigenvalue weighted by Crippen LogP contribution is 2.38. The van der Waals surface area contributed by atoms with E-state index in [1.165, 1.54) is 42.5 Å². The first-order chi connectivity index (χ1) is 22.6. The van der Waals surface area contributed by atoms with Crippen molar-refractivity contribution >= 4 is 39.1 Å². The molecule has 254 valence electrons. The number of nitrogens with zero attached hydrogens (tertiary/aromatic N) is 2. The van der Waals surface area contributed by atoms with Crippen LogP contribution in [-0.4, -0.2) is 43.8 Å². The van der Waals surface area contributed by atoms with Crippen LogP contribution in [0.3, 0.4) is 0 Å². The lowest BCUT2D eigenvalue weighted by atomic mass is 10.0. The van der Waals surface area contributed by atoms with Gasteiger partial charge in [0, 0.05) is 24.6 Å². The Morgan fingerprint density at radius 3 is 2.12 bits per heavy atom. The molecule has 48 heavy (non-hydrogen) atoms. The van der Waals surface area contributed by atoms with Gasteiger partial charge in [-0.2, -0.15) is 13.2 Å². The molecule has 0 radical (unpaired) electrons. The van der Waals surface area contributed by atoms with Gasteiger partial charge in [0.15, 0.2) is 0 Å². The number of nitrogens with one attached hydrogen (secondary N) is 1. The lowest BCUT2D eigenvalue weighted by Crippen LogP contribution is -2.54. The lowest BCUT2D eigenvalue weighted by Gasteiger charge is -2.34. The number of sulfonamides is 1. The van der Waals surface area contributed by atoms with Crippen molar-refractivity contribution in [2.75, 3.05) is 10.8 Å². The molecule has 0 aliphatic heterocycles. The Morgan fingerprint density at radius 1 is 0.896 bits per heavy atom. The number of alkyl halides is 3. The summed E-state index contributed by atoms with van der Waals surface area (Å²) in [4.78, 5) is 28.9. The molecule has 0 aliphatic carbocycles. The van der Waals surface area contributed by atoms with Crippen molar-refractivity contribution in [3.8, 4) is 0 Å². The van der Waals surface area contributed by atoms with Crippen molar-refractivity contribution in [3.63, 3.8) is 0 Å². The summed E-state index contributed by atoms with van der Waals surface area (Å²) in [7, 11) is -4.68. The van der Waals surface area contributed by atoms with Crippen LogP contribution in [0, 0.1) is 12.7 Å². The molecule has 13 heteroatoms. The average Bonchev–Trinajstić information content (AvgIpc) is 3.02. The van der Waals surface area contributed by atoms with Crippen LogP contribution in [0.4, 0.5) is 23.2 Å². The maximum absolute atomic E-state index is 15.0. The number of carbonyl (C=O) groups is 2. The van der Waals surface area contributed by atoms with Crippen LogP contribution in [0.25, 0.3) is 0 Å². The van der Waals surface area contributed by atoms with E-state index in [1.807, 2.05) is 0 Å². The zero-order chi connectivity index (χ0) is 35.2. The van der Waals surface area contributed by atoms with Gasteiger partial charge in [-0.25, -0.2) is 12.8 Å². The molecule has 1 N–H and O–H groups in total. The molecule has 0 saturated heterocycles. The Morgan fingerprint density at radius 2 is 1.52 bits per heavy atom. The van der Waals surface area contributed by atoms with E-state index in [9.17, 15) is 31.2 Å². The summed E-state index contributed by atoms with van der Waals surface area (Å²) in [5.74, 6) is -2.22. The third-order valence-electron chi connectivity index (χ3n) is 7.43. The predicted octanol–water partition coefficient (Wildman–Crippen LogP) is 7.17.